The van der Waals surface area contributed by atoms with Gasteiger partial charge in [0, 0.05) is 18.8 Å². The van der Waals surface area contributed by atoms with Gasteiger partial charge in [0.05, 0.1) is 6.04 Å². The molecule has 0 spiro atoms. The molecule has 1 N–H and O–H groups in total. The van der Waals surface area contributed by atoms with Crippen LogP contribution < -0.4 is 5.32 Å². The second-order valence-electron chi connectivity index (χ2n) is 7.67. The van der Waals surface area contributed by atoms with Crippen molar-refractivity contribution in [2.45, 2.75) is 70.9 Å². The first kappa shape index (κ1) is 18.5. The van der Waals surface area contributed by atoms with E-state index in [0.717, 1.165) is 37.8 Å². The molecule has 2 aliphatic rings. The third-order valence-electron chi connectivity index (χ3n) is 5.73. The molecule has 2 atom stereocenters. The van der Waals surface area contributed by atoms with Crippen LogP contribution >= 0.6 is 0 Å². The maximum atomic E-state index is 12.6. The van der Waals surface area contributed by atoms with Gasteiger partial charge in [0.2, 0.25) is 0 Å². The highest BCUT2D eigenvalue weighted by Crippen LogP contribution is 2.25. The molecule has 0 saturated carbocycles. The van der Waals surface area contributed by atoms with Crippen LogP contribution in [0.5, 0.6) is 0 Å². The van der Waals surface area contributed by atoms with Gasteiger partial charge >= 0.3 is 0 Å². The quantitative estimate of drug-likeness (QED) is 0.658. The number of hydrogen-bond acceptors (Lipinski definition) is 3. The fourth-order valence-corrected chi connectivity index (χ4v) is 4.00. The van der Waals surface area contributed by atoms with Crippen molar-refractivity contribution in [3.05, 3.63) is 46.7 Å². The van der Waals surface area contributed by atoms with Crippen LogP contribution in [0.15, 0.2) is 30.0 Å². The zero-order valence-electron chi connectivity index (χ0n) is 15.9. The van der Waals surface area contributed by atoms with Gasteiger partial charge in [-0.1, -0.05) is 18.2 Å². The first-order chi connectivity index (χ1) is 12.6. The lowest BCUT2D eigenvalue weighted by Gasteiger charge is -2.32. The molecule has 4 nitrogen and oxygen atoms in total. The Labute approximate surface area is 156 Å². The number of aryl methyl sites for hydroxylation is 2. The van der Waals surface area contributed by atoms with Crippen molar-refractivity contribution in [3.8, 4) is 6.07 Å². The van der Waals surface area contributed by atoms with E-state index in [0.29, 0.717) is 6.04 Å². The van der Waals surface area contributed by atoms with Gasteiger partial charge in [0.25, 0.3) is 5.91 Å². The van der Waals surface area contributed by atoms with E-state index in [2.05, 4.69) is 41.4 Å². The Kier molecular flexibility index (Phi) is 5.98. The van der Waals surface area contributed by atoms with E-state index in [1.54, 1.807) is 6.20 Å². The van der Waals surface area contributed by atoms with Crippen molar-refractivity contribution in [2.75, 3.05) is 6.54 Å². The summed E-state index contributed by atoms with van der Waals surface area (Å²) in [5, 5.41) is 12.5. The van der Waals surface area contributed by atoms with E-state index in [-0.39, 0.29) is 17.5 Å². The molecule has 1 heterocycles. The van der Waals surface area contributed by atoms with Crippen LogP contribution in [0.25, 0.3) is 0 Å². The van der Waals surface area contributed by atoms with Crippen LogP contribution in [0.2, 0.25) is 0 Å². The van der Waals surface area contributed by atoms with E-state index >= 15 is 0 Å². The zero-order valence-corrected chi connectivity index (χ0v) is 15.9. The van der Waals surface area contributed by atoms with Crippen LogP contribution in [-0.4, -0.2) is 23.4 Å². The average molecular weight is 351 g/mol. The van der Waals surface area contributed by atoms with Crippen LogP contribution in [0.4, 0.5) is 0 Å². The summed E-state index contributed by atoms with van der Waals surface area (Å²) in [6.45, 7) is 5.05. The van der Waals surface area contributed by atoms with E-state index in [9.17, 15) is 10.1 Å². The molecule has 1 aromatic rings. The minimum Gasteiger partial charge on any atom is -0.373 e. The monoisotopic (exact) mass is 351 g/mol. The SMILES string of the molecule is CC(NC(=O)/C(C#N)=C\N1CCCCC1C)c1ccc2c(c1)CCCC2. The predicted molar refractivity (Wildman–Crippen MR) is 103 cm³/mol. The summed E-state index contributed by atoms with van der Waals surface area (Å²) < 4.78 is 0. The lowest BCUT2D eigenvalue weighted by atomic mass is 9.89. The van der Waals surface area contributed by atoms with E-state index < -0.39 is 0 Å². The number of nitrogens with one attached hydrogen (secondary N) is 1. The van der Waals surface area contributed by atoms with Crippen molar-refractivity contribution < 1.29 is 4.79 Å². The standard InChI is InChI=1S/C22H29N3O/c1-16-7-5-6-12-25(16)15-21(14-23)22(26)24-17(2)19-11-10-18-8-3-4-9-20(18)13-19/h10-11,13,15-17H,3-9,12H2,1-2H3,(H,24,26)/b21-15-. The van der Waals surface area contributed by atoms with Gasteiger partial charge in [0.15, 0.2) is 0 Å². The second kappa shape index (κ2) is 8.40. The van der Waals surface area contributed by atoms with Crippen molar-refractivity contribution in [3.63, 3.8) is 0 Å². The molecule has 1 amide bonds. The highest BCUT2D eigenvalue weighted by molar-refractivity contribution is 5.97. The normalized spacial score (nSPS) is 21.5. The Morgan fingerprint density at radius 3 is 2.77 bits per heavy atom. The number of rotatable bonds is 4. The lowest BCUT2D eigenvalue weighted by Crippen LogP contribution is -2.35. The number of fused-ring (bicyclic) bond motifs is 1. The fourth-order valence-electron chi connectivity index (χ4n) is 4.00. The van der Waals surface area contributed by atoms with Gasteiger partial charge in [-0.25, -0.2) is 0 Å². The summed E-state index contributed by atoms with van der Waals surface area (Å²) in [6, 6.07) is 8.89. The zero-order chi connectivity index (χ0) is 18.5. The summed E-state index contributed by atoms with van der Waals surface area (Å²) in [7, 11) is 0. The molecule has 3 rings (SSSR count). The first-order valence-electron chi connectivity index (χ1n) is 9.88. The molecule has 1 saturated heterocycles. The molecule has 0 aromatic heterocycles. The Morgan fingerprint density at radius 2 is 2.04 bits per heavy atom. The molecule has 1 fully saturated rings. The third kappa shape index (κ3) is 4.27. The Morgan fingerprint density at radius 1 is 1.27 bits per heavy atom. The largest absolute Gasteiger partial charge is 0.373 e. The molecule has 0 bridgehead atoms. The van der Waals surface area contributed by atoms with Gasteiger partial charge < -0.3 is 10.2 Å². The first-order valence-corrected chi connectivity index (χ1v) is 9.88. The number of benzene rings is 1. The molecule has 26 heavy (non-hydrogen) atoms. The molecule has 1 aliphatic heterocycles. The van der Waals surface area contributed by atoms with Crippen molar-refractivity contribution >= 4 is 5.91 Å². The Hall–Kier alpha value is -2.28. The van der Waals surface area contributed by atoms with Gasteiger partial charge in [-0.3, -0.25) is 4.79 Å². The molecule has 138 valence electrons. The lowest BCUT2D eigenvalue weighted by molar-refractivity contribution is -0.117. The van der Waals surface area contributed by atoms with Gasteiger partial charge in [-0.2, -0.15) is 5.26 Å². The average Bonchev–Trinajstić information content (AvgIpc) is 2.66. The van der Waals surface area contributed by atoms with Gasteiger partial charge in [-0.15, -0.1) is 0 Å². The van der Waals surface area contributed by atoms with E-state index in [1.807, 2.05) is 6.92 Å². The van der Waals surface area contributed by atoms with Crippen molar-refractivity contribution in [1.29, 1.82) is 5.26 Å². The summed E-state index contributed by atoms with van der Waals surface area (Å²) in [6.07, 6.45) is 9.99. The van der Waals surface area contributed by atoms with E-state index in [4.69, 9.17) is 0 Å². The van der Waals surface area contributed by atoms with Gasteiger partial charge in [-0.05, 0) is 75.5 Å². The Bertz CT molecular complexity index is 731. The van der Waals surface area contributed by atoms with Crippen molar-refractivity contribution in [2.24, 2.45) is 0 Å². The number of piperidine rings is 1. The number of carbonyl (C=O) groups is 1. The number of nitriles is 1. The highest BCUT2D eigenvalue weighted by Gasteiger charge is 2.20. The predicted octanol–water partition coefficient (Wildman–Crippen LogP) is 4.02. The summed E-state index contributed by atoms with van der Waals surface area (Å²) >= 11 is 0. The molecule has 1 aliphatic carbocycles. The van der Waals surface area contributed by atoms with Crippen molar-refractivity contribution in [1.82, 2.24) is 10.2 Å². The number of likely N-dealkylation sites (tertiary alicyclic amines) is 1. The fraction of sp³-hybridized carbons (Fsp3) is 0.545. The third-order valence-corrected chi connectivity index (χ3v) is 5.73. The maximum absolute atomic E-state index is 12.6. The molecular weight excluding hydrogens is 322 g/mol. The molecule has 4 heteroatoms. The minimum atomic E-state index is -0.282. The molecule has 1 aromatic carbocycles. The number of carbonyl (C=O) groups excluding carboxylic acids is 1. The topological polar surface area (TPSA) is 56.1 Å². The molecule has 2 unspecified atom stereocenters. The van der Waals surface area contributed by atoms with Crippen LogP contribution in [0.3, 0.4) is 0 Å². The maximum Gasteiger partial charge on any atom is 0.263 e. The highest BCUT2D eigenvalue weighted by atomic mass is 16.1. The number of nitrogens with zero attached hydrogens (tertiary/aromatic N) is 2. The summed E-state index contributed by atoms with van der Waals surface area (Å²) in [5.74, 6) is -0.282. The second-order valence-corrected chi connectivity index (χ2v) is 7.67. The van der Waals surface area contributed by atoms with Crippen LogP contribution in [0.1, 0.15) is 68.7 Å². The van der Waals surface area contributed by atoms with E-state index in [1.165, 1.54) is 30.4 Å². The van der Waals surface area contributed by atoms with Gasteiger partial charge in [0.1, 0.15) is 11.6 Å². The van der Waals surface area contributed by atoms with Crippen LogP contribution in [0, 0.1) is 11.3 Å². The minimum absolute atomic E-state index is 0.106. The summed E-state index contributed by atoms with van der Waals surface area (Å²) in [4.78, 5) is 14.7. The number of hydrogen-bond donors (Lipinski definition) is 1. The smallest absolute Gasteiger partial charge is 0.263 e. The Balaban J connectivity index is 1.68. The number of amides is 1. The molecule has 0 radical (unpaired) electrons. The molecular formula is C22H29N3O. The summed E-state index contributed by atoms with van der Waals surface area (Å²) in [5.41, 5.74) is 4.16. The van der Waals surface area contributed by atoms with Crippen LogP contribution in [-0.2, 0) is 17.6 Å².